The third-order valence-corrected chi connectivity index (χ3v) is 3.20. The van der Waals surface area contributed by atoms with Crippen LogP contribution < -0.4 is 5.32 Å². The van der Waals surface area contributed by atoms with Gasteiger partial charge in [0.05, 0.1) is 0 Å². The molecular weight excluding hydrogens is 237 g/mol. The van der Waals surface area contributed by atoms with Crippen molar-refractivity contribution in [2.75, 3.05) is 0 Å². The van der Waals surface area contributed by atoms with Crippen LogP contribution in [-0.2, 0) is 6.54 Å². The molecule has 2 unspecified atom stereocenters. The van der Waals surface area contributed by atoms with Gasteiger partial charge in [0.25, 0.3) is 0 Å². The van der Waals surface area contributed by atoms with Crippen molar-refractivity contribution in [3.63, 3.8) is 0 Å². The molecule has 0 saturated carbocycles. The largest absolute Gasteiger partial charge is 0.303 e. The van der Waals surface area contributed by atoms with E-state index in [4.69, 9.17) is 0 Å². The highest BCUT2D eigenvalue weighted by molar-refractivity contribution is 7.18. The van der Waals surface area contributed by atoms with Gasteiger partial charge >= 0.3 is 0 Å². The molecule has 1 nitrogen and oxygen atoms in total. The van der Waals surface area contributed by atoms with Crippen molar-refractivity contribution in [1.29, 1.82) is 0 Å². The molecule has 1 aromatic rings. The predicted octanol–water partition coefficient (Wildman–Crippen LogP) is 4.06. The fourth-order valence-electron chi connectivity index (χ4n) is 1.59. The third kappa shape index (κ3) is 5.44. The van der Waals surface area contributed by atoms with Crippen LogP contribution in [0.25, 0.3) is 0 Å². The molecule has 1 N–H and O–H groups in total. The normalized spacial score (nSPS) is 13.8. The SMILES string of the molecule is C=C/C=C(\C=C/CC)C(P)NCc1ccccc1. The maximum absolute atomic E-state index is 3.76. The first-order chi connectivity index (χ1) is 8.77. The maximum atomic E-state index is 3.76. The Bertz CT molecular complexity index is 406. The summed E-state index contributed by atoms with van der Waals surface area (Å²) in [7, 11) is 2.83. The molecule has 2 atom stereocenters. The van der Waals surface area contributed by atoms with E-state index < -0.39 is 0 Å². The molecule has 0 heterocycles. The van der Waals surface area contributed by atoms with Crippen molar-refractivity contribution in [2.24, 2.45) is 0 Å². The molecule has 0 aliphatic heterocycles. The lowest BCUT2D eigenvalue weighted by atomic mass is 10.2. The lowest BCUT2D eigenvalue weighted by Gasteiger charge is -2.15. The Morgan fingerprint density at radius 3 is 2.72 bits per heavy atom. The van der Waals surface area contributed by atoms with Crippen LogP contribution in [0.4, 0.5) is 0 Å². The second-order valence-electron chi connectivity index (χ2n) is 4.06. The van der Waals surface area contributed by atoms with E-state index in [1.165, 1.54) is 11.1 Å². The average molecular weight is 259 g/mol. The molecule has 0 aliphatic carbocycles. The van der Waals surface area contributed by atoms with Gasteiger partial charge in [-0.25, -0.2) is 0 Å². The number of hydrogen-bond acceptors (Lipinski definition) is 1. The molecule has 2 heteroatoms. The van der Waals surface area contributed by atoms with Gasteiger partial charge in [0, 0.05) is 12.3 Å². The van der Waals surface area contributed by atoms with E-state index in [1.807, 2.05) is 18.2 Å². The van der Waals surface area contributed by atoms with E-state index in [0.717, 1.165) is 13.0 Å². The minimum atomic E-state index is 0.242. The Balaban J connectivity index is 2.57. The molecule has 0 saturated heterocycles. The van der Waals surface area contributed by atoms with Gasteiger partial charge in [0.2, 0.25) is 0 Å². The van der Waals surface area contributed by atoms with Gasteiger partial charge in [-0.2, -0.15) is 0 Å². The number of nitrogens with one attached hydrogen (secondary N) is 1. The summed E-state index contributed by atoms with van der Waals surface area (Å²) < 4.78 is 0. The summed E-state index contributed by atoms with van der Waals surface area (Å²) in [5.74, 6) is 0.242. The second kappa shape index (κ2) is 8.85. The molecular formula is C16H22NP. The minimum absolute atomic E-state index is 0.242. The zero-order chi connectivity index (χ0) is 13.2. The van der Waals surface area contributed by atoms with Crippen LogP contribution >= 0.6 is 9.24 Å². The van der Waals surface area contributed by atoms with Gasteiger partial charge in [-0.3, -0.25) is 0 Å². The molecule has 0 spiro atoms. The van der Waals surface area contributed by atoms with E-state index in [9.17, 15) is 0 Å². The topological polar surface area (TPSA) is 12.0 Å². The fraction of sp³-hybridized carbons (Fsp3) is 0.250. The number of allylic oxidation sites excluding steroid dienone is 3. The smallest absolute Gasteiger partial charge is 0.0466 e. The van der Waals surface area contributed by atoms with E-state index in [2.05, 4.69) is 64.5 Å². The highest BCUT2D eigenvalue weighted by atomic mass is 31.0. The van der Waals surface area contributed by atoms with E-state index >= 15 is 0 Å². The molecule has 0 radical (unpaired) electrons. The Morgan fingerprint density at radius 1 is 1.39 bits per heavy atom. The van der Waals surface area contributed by atoms with Crippen molar-refractivity contribution in [3.8, 4) is 0 Å². The summed E-state index contributed by atoms with van der Waals surface area (Å²) in [5, 5.41) is 3.49. The van der Waals surface area contributed by atoms with E-state index in [-0.39, 0.29) is 5.78 Å². The zero-order valence-electron chi connectivity index (χ0n) is 11.0. The molecule has 96 valence electrons. The van der Waals surface area contributed by atoms with Gasteiger partial charge in [-0.1, -0.05) is 68.1 Å². The molecule has 1 aromatic carbocycles. The zero-order valence-corrected chi connectivity index (χ0v) is 12.1. The molecule has 18 heavy (non-hydrogen) atoms. The summed E-state index contributed by atoms with van der Waals surface area (Å²) in [6.45, 7) is 6.76. The van der Waals surface area contributed by atoms with Gasteiger partial charge in [-0.15, -0.1) is 9.24 Å². The van der Waals surface area contributed by atoms with Crippen LogP contribution in [-0.4, -0.2) is 5.78 Å². The quantitative estimate of drug-likeness (QED) is 0.575. The lowest BCUT2D eigenvalue weighted by molar-refractivity contribution is 0.711. The summed E-state index contributed by atoms with van der Waals surface area (Å²) in [6, 6.07) is 10.4. The maximum Gasteiger partial charge on any atom is 0.0466 e. The Kier molecular flexibility index (Phi) is 7.32. The van der Waals surface area contributed by atoms with Crippen LogP contribution in [0, 0.1) is 0 Å². The number of rotatable bonds is 7. The Hall–Kier alpha value is -1.17. The lowest BCUT2D eigenvalue weighted by Crippen LogP contribution is -2.24. The molecule has 0 fully saturated rings. The predicted molar refractivity (Wildman–Crippen MR) is 84.5 cm³/mol. The second-order valence-corrected chi connectivity index (χ2v) is 4.72. The summed E-state index contributed by atoms with van der Waals surface area (Å²) in [4.78, 5) is 0. The first-order valence-corrected chi connectivity index (χ1v) is 6.96. The van der Waals surface area contributed by atoms with Gasteiger partial charge in [-0.05, 0) is 17.6 Å². The minimum Gasteiger partial charge on any atom is -0.303 e. The van der Waals surface area contributed by atoms with E-state index in [0.29, 0.717) is 0 Å². The number of hydrogen-bond donors (Lipinski definition) is 1. The monoisotopic (exact) mass is 259 g/mol. The van der Waals surface area contributed by atoms with Crippen LogP contribution in [0.3, 0.4) is 0 Å². The summed E-state index contributed by atoms with van der Waals surface area (Å²) >= 11 is 0. The molecule has 0 amide bonds. The summed E-state index contributed by atoms with van der Waals surface area (Å²) in [5.41, 5.74) is 2.52. The van der Waals surface area contributed by atoms with Crippen molar-refractivity contribution in [3.05, 3.63) is 72.4 Å². The van der Waals surface area contributed by atoms with Crippen LogP contribution in [0.5, 0.6) is 0 Å². The standard InChI is InChI=1S/C16H22NP/c1-3-5-12-15(9-4-2)16(18)17-13-14-10-7-6-8-11-14/h4-12,16-17H,2-3,13,18H2,1H3/b12-5-,15-9+. The van der Waals surface area contributed by atoms with Gasteiger partial charge in [0.1, 0.15) is 0 Å². The van der Waals surface area contributed by atoms with Gasteiger partial charge < -0.3 is 5.32 Å². The first-order valence-electron chi connectivity index (χ1n) is 6.30. The molecule has 0 aromatic heterocycles. The van der Waals surface area contributed by atoms with Crippen molar-refractivity contribution in [2.45, 2.75) is 25.7 Å². The summed E-state index contributed by atoms with van der Waals surface area (Å²) in [6.07, 6.45) is 9.23. The Labute approximate surface area is 113 Å². The van der Waals surface area contributed by atoms with E-state index in [1.54, 1.807) is 0 Å². The molecule has 1 rings (SSSR count). The van der Waals surface area contributed by atoms with Gasteiger partial charge in [0.15, 0.2) is 0 Å². The van der Waals surface area contributed by atoms with Crippen LogP contribution in [0.15, 0.2) is 66.8 Å². The molecule has 0 bridgehead atoms. The number of benzene rings is 1. The molecule has 0 aliphatic rings. The van der Waals surface area contributed by atoms with Crippen LogP contribution in [0.1, 0.15) is 18.9 Å². The average Bonchev–Trinajstić information content (AvgIpc) is 2.42. The van der Waals surface area contributed by atoms with Crippen molar-refractivity contribution >= 4 is 9.24 Å². The highest BCUT2D eigenvalue weighted by Gasteiger charge is 2.04. The van der Waals surface area contributed by atoms with Crippen molar-refractivity contribution in [1.82, 2.24) is 5.32 Å². The highest BCUT2D eigenvalue weighted by Crippen LogP contribution is 2.13. The Morgan fingerprint density at radius 2 is 2.11 bits per heavy atom. The fourth-order valence-corrected chi connectivity index (χ4v) is 1.93. The third-order valence-electron chi connectivity index (χ3n) is 2.58. The van der Waals surface area contributed by atoms with Crippen LogP contribution in [0.2, 0.25) is 0 Å². The first kappa shape index (κ1) is 14.9. The van der Waals surface area contributed by atoms with Crippen molar-refractivity contribution < 1.29 is 0 Å².